The number of nitriles is 1. The van der Waals surface area contributed by atoms with Gasteiger partial charge in [0.1, 0.15) is 5.82 Å². The Labute approximate surface area is 510 Å². The van der Waals surface area contributed by atoms with Crippen molar-refractivity contribution in [2.45, 2.75) is 227 Å². The molecule has 7 aromatic rings. The fourth-order valence-corrected chi connectivity index (χ4v) is 6.99. The molecule has 0 fully saturated rings. The number of nitrogens with zero attached hydrogens (tertiary/aromatic N) is 7. The molecule has 0 radical (unpaired) electrons. The molecule has 0 saturated carbocycles. The van der Waals surface area contributed by atoms with Crippen molar-refractivity contribution in [2.24, 2.45) is 7.05 Å². The molecule has 0 aliphatic rings. The Hall–Kier alpha value is -6.06. The summed E-state index contributed by atoms with van der Waals surface area (Å²) in [6.07, 6.45) is 14.2. The van der Waals surface area contributed by atoms with Crippen LogP contribution in [0.3, 0.4) is 0 Å². The maximum atomic E-state index is 8.78. The molecule has 462 valence electrons. The molecule has 0 aliphatic heterocycles. The minimum Gasteiger partial charge on any atom is -0.374 e. The van der Waals surface area contributed by atoms with E-state index in [0.717, 1.165) is 57.5 Å². The van der Waals surface area contributed by atoms with E-state index < -0.39 is 0 Å². The van der Waals surface area contributed by atoms with Gasteiger partial charge in [-0.25, -0.2) is 15.0 Å². The van der Waals surface area contributed by atoms with Crippen molar-refractivity contribution in [1.29, 1.82) is 5.26 Å². The van der Waals surface area contributed by atoms with Gasteiger partial charge < -0.3 is 37.7 Å². The predicted octanol–water partition coefficient (Wildman–Crippen LogP) is 16.3. The van der Waals surface area contributed by atoms with Crippen molar-refractivity contribution in [3.63, 3.8) is 0 Å². The second-order valence-electron chi connectivity index (χ2n) is 21.6. The van der Waals surface area contributed by atoms with E-state index in [1.165, 1.54) is 21.7 Å². The van der Waals surface area contributed by atoms with Crippen molar-refractivity contribution < 1.29 is 33.2 Å². The van der Waals surface area contributed by atoms with Crippen molar-refractivity contribution >= 4 is 11.3 Å². The zero-order valence-electron chi connectivity index (χ0n) is 54.6. The number of rotatable bonds is 22. The van der Waals surface area contributed by atoms with E-state index in [1.807, 2.05) is 184 Å². The summed E-state index contributed by atoms with van der Waals surface area (Å²) < 4.78 is 40.1. The molecule has 0 N–H and O–H groups in total. The lowest BCUT2D eigenvalue weighted by Crippen LogP contribution is -2.04. The fourth-order valence-electron chi connectivity index (χ4n) is 6.28. The summed E-state index contributed by atoms with van der Waals surface area (Å²) in [6.45, 7) is 43.0. The van der Waals surface area contributed by atoms with Gasteiger partial charge in [-0.05, 0) is 189 Å². The van der Waals surface area contributed by atoms with E-state index in [4.69, 9.17) is 38.4 Å². The highest BCUT2D eigenvalue weighted by Gasteiger charge is 2.04. The van der Waals surface area contributed by atoms with Gasteiger partial charge >= 0.3 is 0 Å². The van der Waals surface area contributed by atoms with E-state index in [2.05, 4.69) is 93.6 Å². The first-order valence-corrected chi connectivity index (χ1v) is 30.2. The number of hydrogen-bond donors (Lipinski definition) is 0. The molecule has 0 bridgehead atoms. The summed E-state index contributed by atoms with van der Waals surface area (Å²) in [5.41, 5.74) is 10.9. The van der Waals surface area contributed by atoms with Crippen LogP contribution in [0.1, 0.15) is 176 Å². The molecular weight excluding hydrogens is 1070 g/mol. The summed E-state index contributed by atoms with van der Waals surface area (Å²) >= 11 is 1.69. The minimum atomic E-state index is 0.201. The molecule has 5 heterocycles. The van der Waals surface area contributed by atoms with Gasteiger partial charge in [-0.3, -0.25) is 9.97 Å². The summed E-state index contributed by atoms with van der Waals surface area (Å²) in [4.78, 5) is 21.9. The number of aromatic nitrogens is 6. The lowest BCUT2D eigenvalue weighted by Gasteiger charge is -2.09. The molecule has 0 aliphatic carbocycles. The summed E-state index contributed by atoms with van der Waals surface area (Å²) in [7, 11) is 2.03. The first-order chi connectivity index (χ1) is 39.9. The van der Waals surface area contributed by atoms with Crippen LogP contribution in [0, 0.1) is 39.0 Å². The highest BCUT2D eigenvalue weighted by molar-refractivity contribution is 7.11. The number of ether oxygens (including phenoxy) is 7. The first kappa shape index (κ1) is 76.0. The highest BCUT2D eigenvalue weighted by Crippen LogP contribution is 2.14. The van der Waals surface area contributed by atoms with Crippen molar-refractivity contribution in [1.82, 2.24) is 29.5 Å². The molecule has 7 rings (SSSR count). The third kappa shape index (κ3) is 39.5. The highest BCUT2D eigenvalue weighted by atomic mass is 32.1. The lowest BCUT2D eigenvalue weighted by atomic mass is 10.1. The van der Waals surface area contributed by atoms with Crippen molar-refractivity contribution in [3.8, 4) is 6.07 Å². The number of hydrogen-bond acceptors (Lipinski definition) is 14. The van der Waals surface area contributed by atoms with Crippen LogP contribution >= 0.6 is 11.3 Å². The Morgan fingerprint density at radius 3 is 1.35 bits per heavy atom. The monoisotopic (exact) mass is 1170 g/mol. The van der Waals surface area contributed by atoms with E-state index in [1.54, 1.807) is 29.8 Å². The Kier molecular flexibility index (Phi) is 41.0. The van der Waals surface area contributed by atoms with Gasteiger partial charge in [-0.2, -0.15) is 5.26 Å². The molecule has 15 heteroatoms. The van der Waals surface area contributed by atoms with Gasteiger partial charge in [0.25, 0.3) is 0 Å². The third-order valence-corrected chi connectivity index (χ3v) is 12.1. The number of aryl methyl sites for hydroxylation is 6. The molecule has 0 atom stereocenters. The maximum Gasteiger partial charge on any atom is 0.125 e. The number of pyridine rings is 2. The van der Waals surface area contributed by atoms with Crippen LogP contribution in [0.4, 0.5) is 0 Å². The quantitative estimate of drug-likeness (QED) is 0.0632. The van der Waals surface area contributed by atoms with Crippen LogP contribution in [-0.2, 0) is 92.9 Å². The van der Waals surface area contributed by atoms with Gasteiger partial charge in [0, 0.05) is 66.9 Å². The number of thiazole rings is 1. The lowest BCUT2D eigenvalue weighted by molar-refractivity contribution is 0.0622. The van der Waals surface area contributed by atoms with E-state index in [9.17, 15) is 0 Å². The second kappa shape index (κ2) is 45.3. The zero-order valence-corrected chi connectivity index (χ0v) is 55.5. The van der Waals surface area contributed by atoms with Crippen LogP contribution in [0.5, 0.6) is 0 Å². The van der Waals surface area contributed by atoms with Crippen LogP contribution in [0.2, 0.25) is 0 Å². The smallest absolute Gasteiger partial charge is 0.125 e. The average Bonchev–Trinajstić information content (AvgIpc) is 4.18. The Morgan fingerprint density at radius 1 is 0.452 bits per heavy atom. The molecule has 84 heavy (non-hydrogen) atoms. The predicted molar refractivity (Wildman–Crippen MR) is 343 cm³/mol. The van der Waals surface area contributed by atoms with Gasteiger partial charge in [-0.1, -0.05) is 61.5 Å². The summed E-state index contributed by atoms with van der Waals surface area (Å²) in [5.74, 6) is 0.795. The van der Waals surface area contributed by atoms with Gasteiger partial charge in [-0.15, -0.1) is 11.3 Å². The summed E-state index contributed by atoms with van der Waals surface area (Å²) in [6, 6.07) is 30.2. The largest absolute Gasteiger partial charge is 0.374 e. The van der Waals surface area contributed by atoms with Gasteiger partial charge in [0.05, 0.1) is 110 Å². The third-order valence-electron chi connectivity index (χ3n) is 11.2. The minimum absolute atomic E-state index is 0.201. The van der Waals surface area contributed by atoms with Crippen LogP contribution < -0.4 is 0 Å². The Balaban J connectivity index is 0.000000490. The SMILES string of the molecule is CC(C)OCc1ccccc1C#N.CC(C)OCc1cccn1C.CCc1ccc(COC(C)C)cn1.Cc1ccc(COC(C)C)cn1.Cc1ccccc1COC(C)C.Cc1ncc(COC(C)C)cn1.Cc1ncc(COC(C)C)s1. The van der Waals surface area contributed by atoms with Gasteiger partial charge in [0.15, 0.2) is 0 Å². The summed E-state index contributed by atoms with van der Waals surface area (Å²) in [5, 5.41) is 9.88. The fraction of sp³-hybridized carbons (Fsp3) is 0.507. The maximum absolute atomic E-state index is 8.78. The zero-order chi connectivity index (χ0) is 62.8. The first-order valence-electron chi connectivity index (χ1n) is 29.4. The van der Waals surface area contributed by atoms with Crippen LogP contribution in [-0.4, -0.2) is 72.2 Å². The van der Waals surface area contributed by atoms with Crippen LogP contribution in [0.15, 0.2) is 122 Å². The normalized spacial score (nSPS) is 10.6. The van der Waals surface area contributed by atoms with Crippen molar-refractivity contribution in [3.05, 3.63) is 194 Å². The molecule has 0 unspecified atom stereocenters. The van der Waals surface area contributed by atoms with Gasteiger partial charge in [0.2, 0.25) is 0 Å². The van der Waals surface area contributed by atoms with E-state index in [-0.39, 0.29) is 24.4 Å². The Bertz CT molecular complexity index is 2700. The number of benzene rings is 2. The molecule has 14 nitrogen and oxygen atoms in total. The van der Waals surface area contributed by atoms with E-state index >= 15 is 0 Å². The Morgan fingerprint density at radius 2 is 0.905 bits per heavy atom. The van der Waals surface area contributed by atoms with Crippen LogP contribution in [0.25, 0.3) is 0 Å². The molecule has 0 spiro atoms. The molecule has 5 aromatic heterocycles. The molecule has 0 amide bonds. The van der Waals surface area contributed by atoms with Crippen molar-refractivity contribution in [2.75, 3.05) is 0 Å². The second-order valence-corrected chi connectivity index (χ2v) is 22.9. The molecule has 0 saturated heterocycles. The topological polar surface area (TPSA) is 158 Å². The molecule has 2 aromatic carbocycles. The molecular formula is C69H103N7O7S. The average molecular weight is 1170 g/mol. The van der Waals surface area contributed by atoms with E-state index in [0.29, 0.717) is 63.5 Å². The standard InChI is InChI=1S/C11H13NO.C11H17NO.C11H16O.C10H15NO.C9H14N2O.C9H15NO.C8H13NOS/c1-9(2)13-8-11-6-4-3-5-10(11)7-12;1-4-11-6-5-10(7-12-11)8-13-9(2)3;1-9(2)12-8-11-7-5-4-6-10(11)3;1-8(2)12-7-10-5-4-9(3)11-6-10;1-7(2)12-6-9-4-10-8(3)11-5-9;1-8(2)11-7-9-5-4-6-10(9)3;1-6(2)10-5-8-4-9-7(3)11-8/h3-6,9H,8H2,1-2H3;5-7,9H,4,8H2,1-3H3;4-7,9H,8H2,1-3H3;4-6,8H,7H2,1-3H3;4-5,7H,6H2,1-3H3;4-6,8H,7H2,1-3H3;4,6H,5H2,1-3H3.